The molecule has 148 valence electrons. The van der Waals surface area contributed by atoms with Crippen molar-refractivity contribution in [2.75, 3.05) is 11.9 Å². The van der Waals surface area contributed by atoms with Crippen molar-refractivity contribution in [3.05, 3.63) is 62.7 Å². The molecular formula is C17H10Cl3F3N2O3. The zero-order chi connectivity index (χ0) is 20.9. The minimum atomic E-state index is -4.62. The first-order valence-corrected chi connectivity index (χ1v) is 8.52. The van der Waals surface area contributed by atoms with Crippen LogP contribution < -0.4 is 5.32 Å². The summed E-state index contributed by atoms with van der Waals surface area (Å²) in [4.78, 5) is 26.8. The Morgan fingerprint density at radius 2 is 1.86 bits per heavy atom. The summed E-state index contributed by atoms with van der Waals surface area (Å²) >= 11 is 17.4. The third kappa shape index (κ3) is 6.40. The van der Waals surface area contributed by atoms with E-state index < -0.39 is 35.2 Å². The molecule has 1 aromatic heterocycles. The Balaban J connectivity index is 1.90. The van der Waals surface area contributed by atoms with Gasteiger partial charge in [-0.3, -0.25) is 4.79 Å². The van der Waals surface area contributed by atoms with Gasteiger partial charge < -0.3 is 10.1 Å². The largest absolute Gasteiger partial charge is 0.452 e. The van der Waals surface area contributed by atoms with Crippen molar-refractivity contribution in [2.24, 2.45) is 0 Å². The number of amides is 1. The number of pyridine rings is 1. The van der Waals surface area contributed by atoms with Crippen molar-refractivity contribution in [2.45, 2.75) is 6.18 Å². The molecule has 0 atom stereocenters. The van der Waals surface area contributed by atoms with Crippen molar-refractivity contribution in [1.29, 1.82) is 0 Å². The van der Waals surface area contributed by atoms with E-state index in [1.54, 1.807) is 12.1 Å². The maximum absolute atomic E-state index is 12.5. The van der Waals surface area contributed by atoms with E-state index in [1.807, 2.05) is 0 Å². The Morgan fingerprint density at radius 1 is 1.14 bits per heavy atom. The molecule has 0 aliphatic carbocycles. The highest BCUT2D eigenvalue weighted by atomic mass is 35.5. The summed E-state index contributed by atoms with van der Waals surface area (Å²) < 4.78 is 42.4. The first kappa shape index (κ1) is 22.0. The van der Waals surface area contributed by atoms with Crippen LogP contribution in [0.1, 0.15) is 11.1 Å². The minimum Gasteiger partial charge on any atom is -0.452 e. The van der Waals surface area contributed by atoms with Gasteiger partial charge in [-0.05, 0) is 29.8 Å². The third-order valence-corrected chi connectivity index (χ3v) is 3.98. The molecule has 0 fully saturated rings. The van der Waals surface area contributed by atoms with Crippen LogP contribution in [0.25, 0.3) is 6.08 Å². The summed E-state index contributed by atoms with van der Waals surface area (Å²) in [6.45, 7) is -0.698. The number of alkyl halides is 3. The monoisotopic (exact) mass is 452 g/mol. The van der Waals surface area contributed by atoms with Crippen molar-refractivity contribution >= 4 is 58.6 Å². The van der Waals surface area contributed by atoms with Crippen LogP contribution in [0.3, 0.4) is 0 Å². The second-order valence-electron chi connectivity index (χ2n) is 5.21. The van der Waals surface area contributed by atoms with Crippen LogP contribution in [-0.2, 0) is 20.5 Å². The number of nitrogens with one attached hydrogen (secondary N) is 1. The van der Waals surface area contributed by atoms with Crippen LogP contribution in [0, 0.1) is 0 Å². The lowest BCUT2D eigenvalue weighted by Gasteiger charge is -2.10. The normalized spacial score (nSPS) is 11.5. The number of carbonyl (C=O) groups excluding carboxylic acids is 2. The summed E-state index contributed by atoms with van der Waals surface area (Å²) in [6.07, 6.45) is -1.68. The topological polar surface area (TPSA) is 68.3 Å². The highest BCUT2D eigenvalue weighted by Crippen LogP contribution is 2.32. The van der Waals surface area contributed by atoms with Crippen molar-refractivity contribution in [3.8, 4) is 0 Å². The van der Waals surface area contributed by atoms with Crippen molar-refractivity contribution < 1.29 is 27.5 Å². The van der Waals surface area contributed by atoms with Gasteiger partial charge in [0.05, 0.1) is 10.6 Å². The van der Waals surface area contributed by atoms with E-state index in [9.17, 15) is 22.8 Å². The molecule has 0 saturated heterocycles. The summed E-state index contributed by atoms with van der Waals surface area (Å²) in [5, 5.41) is 2.48. The predicted octanol–water partition coefficient (Wildman–Crippen LogP) is 5.26. The first-order valence-electron chi connectivity index (χ1n) is 7.39. The Kier molecular flexibility index (Phi) is 7.29. The van der Waals surface area contributed by atoms with Gasteiger partial charge in [0, 0.05) is 22.3 Å². The van der Waals surface area contributed by atoms with E-state index in [2.05, 4.69) is 10.3 Å². The maximum atomic E-state index is 12.5. The second-order valence-corrected chi connectivity index (χ2v) is 6.46. The van der Waals surface area contributed by atoms with Crippen LogP contribution in [0.2, 0.25) is 15.1 Å². The molecule has 1 heterocycles. The Bertz CT molecular complexity index is 934. The number of rotatable bonds is 5. The molecule has 0 bridgehead atoms. The van der Waals surface area contributed by atoms with Crippen LogP contribution >= 0.6 is 34.8 Å². The van der Waals surface area contributed by atoms with E-state index in [0.717, 1.165) is 6.08 Å². The average Bonchev–Trinajstić information content (AvgIpc) is 2.60. The molecule has 0 radical (unpaired) electrons. The molecule has 2 rings (SSSR count). The number of ether oxygens (including phenoxy) is 1. The number of hydrogen-bond donors (Lipinski definition) is 1. The zero-order valence-corrected chi connectivity index (χ0v) is 16.0. The molecule has 0 aliphatic rings. The fourth-order valence-electron chi connectivity index (χ4n) is 1.83. The van der Waals surface area contributed by atoms with Crippen LogP contribution in [-0.4, -0.2) is 23.5 Å². The number of anilines is 1. The highest BCUT2D eigenvalue weighted by molar-refractivity contribution is 6.35. The highest BCUT2D eigenvalue weighted by Gasteiger charge is 2.31. The fourth-order valence-corrected chi connectivity index (χ4v) is 2.52. The zero-order valence-electron chi connectivity index (χ0n) is 13.7. The third-order valence-electron chi connectivity index (χ3n) is 3.13. The summed E-state index contributed by atoms with van der Waals surface area (Å²) in [7, 11) is 0. The molecule has 0 spiro atoms. The Morgan fingerprint density at radius 3 is 2.46 bits per heavy atom. The number of benzene rings is 1. The van der Waals surface area contributed by atoms with Gasteiger partial charge >= 0.3 is 12.1 Å². The molecule has 0 saturated carbocycles. The molecule has 28 heavy (non-hydrogen) atoms. The van der Waals surface area contributed by atoms with Crippen LogP contribution in [0.4, 0.5) is 19.0 Å². The minimum absolute atomic E-state index is 0.292. The lowest BCUT2D eigenvalue weighted by Crippen LogP contribution is -2.21. The average molecular weight is 454 g/mol. The van der Waals surface area contributed by atoms with E-state index in [1.165, 1.54) is 12.1 Å². The van der Waals surface area contributed by atoms with E-state index in [4.69, 9.17) is 39.5 Å². The lowest BCUT2D eigenvalue weighted by molar-refractivity contribution is -0.142. The molecule has 5 nitrogen and oxygen atoms in total. The van der Waals surface area contributed by atoms with Gasteiger partial charge in [-0.1, -0.05) is 40.9 Å². The summed E-state index contributed by atoms with van der Waals surface area (Å²) in [5.74, 6) is -1.97. The molecule has 0 unspecified atom stereocenters. The van der Waals surface area contributed by atoms with Crippen molar-refractivity contribution in [3.63, 3.8) is 0 Å². The first-order chi connectivity index (χ1) is 13.1. The molecule has 0 aliphatic heterocycles. The van der Waals surface area contributed by atoms with Gasteiger partial charge in [0.15, 0.2) is 12.4 Å². The molecular weight excluding hydrogens is 444 g/mol. The Hall–Kier alpha value is -2.29. The molecule has 11 heteroatoms. The van der Waals surface area contributed by atoms with Crippen LogP contribution in [0.5, 0.6) is 0 Å². The quantitative estimate of drug-likeness (QED) is 0.496. The van der Waals surface area contributed by atoms with E-state index in [-0.39, 0.29) is 5.82 Å². The predicted molar refractivity (Wildman–Crippen MR) is 99.3 cm³/mol. The van der Waals surface area contributed by atoms with Gasteiger partial charge in [0.2, 0.25) is 0 Å². The summed E-state index contributed by atoms with van der Waals surface area (Å²) in [5.41, 5.74) is -0.555. The van der Waals surface area contributed by atoms with Gasteiger partial charge in [0.25, 0.3) is 5.91 Å². The smallest absolute Gasteiger partial charge is 0.417 e. The van der Waals surface area contributed by atoms with Crippen molar-refractivity contribution in [1.82, 2.24) is 4.98 Å². The maximum Gasteiger partial charge on any atom is 0.417 e. The number of hydrogen-bond acceptors (Lipinski definition) is 4. The summed E-state index contributed by atoms with van der Waals surface area (Å²) in [6, 6.07) is 5.27. The number of esters is 1. The number of halogens is 6. The van der Waals surface area contributed by atoms with Gasteiger partial charge in [-0.15, -0.1) is 0 Å². The fraction of sp³-hybridized carbons (Fsp3) is 0.118. The van der Waals surface area contributed by atoms with Gasteiger partial charge in [-0.25, -0.2) is 9.78 Å². The number of nitrogens with zero attached hydrogens (tertiary/aromatic N) is 1. The lowest BCUT2D eigenvalue weighted by atomic mass is 10.2. The van der Waals surface area contributed by atoms with E-state index >= 15 is 0 Å². The molecule has 1 aromatic carbocycles. The van der Waals surface area contributed by atoms with E-state index in [0.29, 0.717) is 27.9 Å². The molecule has 2 aromatic rings. The number of aromatic nitrogens is 1. The van der Waals surface area contributed by atoms with Gasteiger partial charge in [-0.2, -0.15) is 13.2 Å². The SMILES string of the molecule is O=C(COC(=O)C=Cc1ccc(Cl)cc1Cl)Nc1ncc(C(F)(F)F)cc1Cl. The molecule has 1 amide bonds. The number of carbonyl (C=O) groups is 2. The second kappa shape index (κ2) is 9.27. The Labute approximate surface area is 172 Å². The van der Waals surface area contributed by atoms with Crippen LogP contribution in [0.15, 0.2) is 36.5 Å². The van der Waals surface area contributed by atoms with Gasteiger partial charge in [0.1, 0.15) is 0 Å². The molecule has 1 N–H and O–H groups in total. The standard InChI is InChI=1S/C17H10Cl3F3N2O3/c18-11-3-1-9(12(19)6-11)2-4-15(27)28-8-14(26)25-16-13(20)5-10(7-24-16)17(21,22)23/h1-7H,8H2,(H,24,25,26).